The van der Waals surface area contributed by atoms with Crippen LogP contribution >= 0.6 is 0 Å². The summed E-state index contributed by atoms with van der Waals surface area (Å²) in [7, 11) is 0. The molecule has 4 nitrogen and oxygen atoms in total. The molecule has 0 spiro atoms. The molecule has 1 fully saturated rings. The van der Waals surface area contributed by atoms with E-state index in [2.05, 4.69) is 5.32 Å². The van der Waals surface area contributed by atoms with E-state index in [1.165, 1.54) is 25.1 Å². The van der Waals surface area contributed by atoms with E-state index < -0.39 is 17.6 Å². The summed E-state index contributed by atoms with van der Waals surface area (Å²) in [5, 5.41) is 2.83. The van der Waals surface area contributed by atoms with Crippen molar-refractivity contribution in [3.63, 3.8) is 0 Å². The van der Waals surface area contributed by atoms with Crippen LogP contribution in [0.25, 0.3) is 0 Å². The number of amides is 2. The van der Waals surface area contributed by atoms with Crippen LogP contribution in [0.3, 0.4) is 0 Å². The first-order valence-electron chi connectivity index (χ1n) is 8.42. The summed E-state index contributed by atoms with van der Waals surface area (Å²) in [6.07, 6.45) is -3.04. The van der Waals surface area contributed by atoms with E-state index >= 15 is 0 Å². The lowest BCUT2D eigenvalue weighted by atomic mass is 9.97. The van der Waals surface area contributed by atoms with Crippen LogP contribution in [0, 0.1) is 5.92 Å². The highest BCUT2D eigenvalue weighted by Gasteiger charge is 2.36. The fraction of sp³-hybridized carbons (Fsp3) is 0.556. The second-order valence-electron chi connectivity index (χ2n) is 6.48. The molecule has 138 valence electrons. The molecule has 1 saturated heterocycles. The molecule has 2 atom stereocenters. The third kappa shape index (κ3) is 4.96. The lowest BCUT2D eigenvalue weighted by molar-refractivity contribution is -0.138. The van der Waals surface area contributed by atoms with Gasteiger partial charge in [-0.05, 0) is 24.0 Å². The summed E-state index contributed by atoms with van der Waals surface area (Å²) >= 11 is 0. The summed E-state index contributed by atoms with van der Waals surface area (Å²) in [5.41, 5.74) is -0.826. The molecule has 7 heteroatoms. The van der Waals surface area contributed by atoms with E-state index in [1.54, 1.807) is 4.90 Å². The zero-order valence-electron chi connectivity index (χ0n) is 14.4. The van der Waals surface area contributed by atoms with Crippen molar-refractivity contribution in [1.29, 1.82) is 0 Å². The first-order chi connectivity index (χ1) is 11.7. The third-order valence-electron chi connectivity index (χ3n) is 4.57. The smallest absolute Gasteiger partial charge is 0.351 e. The summed E-state index contributed by atoms with van der Waals surface area (Å²) in [6, 6.07) is 4.89. The van der Waals surface area contributed by atoms with E-state index in [9.17, 15) is 22.8 Å². The van der Waals surface area contributed by atoms with Crippen LogP contribution in [-0.4, -0.2) is 35.8 Å². The van der Waals surface area contributed by atoms with Gasteiger partial charge in [0.15, 0.2) is 0 Å². The molecule has 25 heavy (non-hydrogen) atoms. The van der Waals surface area contributed by atoms with Gasteiger partial charge in [-0.25, -0.2) is 0 Å². The standard InChI is InChI=1S/C18H23F3N2O2/c1-3-6-14-10-23(12(2)24)11-16(14)22-17(25)9-13-7-4-5-8-15(13)18(19,20)21/h4-5,7-8,14,16H,3,6,9-11H2,1-2H3,(H,22,25). The number of hydrogen-bond donors (Lipinski definition) is 1. The Kier molecular flexibility index (Phi) is 6.08. The highest BCUT2D eigenvalue weighted by atomic mass is 19.4. The fourth-order valence-electron chi connectivity index (χ4n) is 3.34. The Labute approximate surface area is 145 Å². The highest BCUT2D eigenvalue weighted by Crippen LogP contribution is 2.32. The minimum atomic E-state index is -4.49. The molecule has 1 aromatic rings. The first-order valence-corrected chi connectivity index (χ1v) is 8.42. The average molecular weight is 356 g/mol. The van der Waals surface area contributed by atoms with Gasteiger partial charge in [-0.2, -0.15) is 13.2 Å². The largest absolute Gasteiger partial charge is 0.416 e. The average Bonchev–Trinajstić information content (AvgIpc) is 2.90. The molecule has 1 aromatic carbocycles. The third-order valence-corrected chi connectivity index (χ3v) is 4.57. The number of halogens is 3. The number of alkyl halides is 3. The minimum absolute atomic E-state index is 0.0408. The second-order valence-corrected chi connectivity index (χ2v) is 6.48. The van der Waals surface area contributed by atoms with Crippen molar-refractivity contribution in [2.24, 2.45) is 5.92 Å². The number of hydrogen-bond acceptors (Lipinski definition) is 2. The Hall–Kier alpha value is -2.05. The summed E-state index contributed by atoms with van der Waals surface area (Å²) in [4.78, 5) is 25.5. The number of nitrogens with zero attached hydrogens (tertiary/aromatic N) is 1. The summed E-state index contributed by atoms with van der Waals surface area (Å²) < 4.78 is 39.1. The van der Waals surface area contributed by atoms with Gasteiger partial charge in [0, 0.05) is 20.0 Å². The Balaban J connectivity index is 2.06. The molecule has 1 heterocycles. The zero-order chi connectivity index (χ0) is 18.6. The van der Waals surface area contributed by atoms with Crippen molar-refractivity contribution in [1.82, 2.24) is 10.2 Å². The molecule has 0 radical (unpaired) electrons. The van der Waals surface area contributed by atoms with Crippen LogP contribution in [0.4, 0.5) is 13.2 Å². The minimum Gasteiger partial charge on any atom is -0.351 e. The molecule has 0 bridgehead atoms. The van der Waals surface area contributed by atoms with E-state index in [4.69, 9.17) is 0 Å². The molecule has 1 aliphatic heterocycles. The van der Waals surface area contributed by atoms with Crippen molar-refractivity contribution < 1.29 is 22.8 Å². The van der Waals surface area contributed by atoms with Gasteiger partial charge >= 0.3 is 6.18 Å². The lowest BCUT2D eigenvalue weighted by Crippen LogP contribution is -2.41. The van der Waals surface area contributed by atoms with Crippen LogP contribution in [0.5, 0.6) is 0 Å². The van der Waals surface area contributed by atoms with Crippen LogP contribution in [0.15, 0.2) is 24.3 Å². The molecular formula is C18H23F3N2O2. The van der Waals surface area contributed by atoms with Gasteiger partial charge in [-0.3, -0.25) is 9.59 Å². The van der Waals surface area contributed by atoms with Gasteiger partial charge in [0.2, 0.25) is 11.8 Å². The van der Waals surface area contributed by atoms with Crippen LogP contribution < -0.4 is 5.32 Å². The van der Waals surface area contributed by atoms with E-state index in [-0.39, 0.29) is 29.9 Å². The van der Waals surface area contributed by atoms with Crippen molar-refractivity contribution in [2.75, 3.05) is 13.1 Å². The zero-order valence-corrected chi connectivity index (χ0v) is 14.4. The Bertz CT molecular complexity index is 631. The molecule has 0 saturated carbocycles. The van der Waals surface area contributed by atoms with Gasteiger partial charge in [0.05, 0.1) is 18.0 Å². The molecule has 2 amide bonds. The number of nitrogens with one attached hydrogen (secondary N) is 1. The molecule has 2 rings (SSSR count). The SMILES string of the molecule is CCCC1CN(C(C)=O)CC1NC(=O)Cc1ccccc1C(F)(F)F. The lowest BCUT2D eigenvalue weighted by Gasteiger charge is -2.20. The molecule has 1 N–H and O–H groups in total. The number of carbonyl (C=O) groups is 2. The van der Waals surface area contributed by atoms with Crippen molar-refractivity contribution in [3.05, 3.63) is 35.4 Å². The van der Waals surface area contributed by atoms with E-state index in [0.717, 1.165) is 18.9 Å². The Morgan fingerprint density at radius 1 is 1.24 bits per heavy atom. The van der Waals surface area contributed by atoms with Crippen LogP contribution in [-0.2, 0) is 22.2 Å². The molecule has 0 aliphatic carbocycles. The Morgan fingerprint density at radius 2 is 1.92 bits per heavy atom. The van der Waals surface area contributed by atoms with Gasteiger partial charge in [-0.1, -0.05) is 31.5 Å². The topological polar surface area (TPSA) is 49.4 Å². The molecule has 2 unspecified atom stereocenters. The van der Waals surface area contributed by atoms with Crippen LogP contribution in [0.1, 0.15) is 37.8 Å². The molecule has 0 aromatic heterocycles. The van der Waals surface area contributed by atoms with Crippen LogP contribution in [0.2, 0.25) is 0 Å². The van der Waals surface area contributed by atoms with Gasteiger partial charge < -0.3 is 10.2 Å². The van der Waals surface area contributed by atoms with E-state index in [0.29, 0.717) is 13.1 Å². The van der Waals surface area contributed by atoms with Gasteiger partial charge in [-0.15, -0.1) is 0 Å². The predicted molar refractivity (Wildman–Crippen MR) is 87.7 cm³/mol. The maximum absolute atomic E-state index is 13.0. The van der Waals surface area contributed by atoms with Crippen molar-refractivity contribution in [3.8, 4) is 0 Å². The Morgan fingerprint density at radius 3 is 2.52 bits per heavy atom. The second kappa shape index (κ2) is 7.89. The molecular weight excluding hydrogens is 333 g/mol. The van der Waals surface area contributed by atoms with Gasteiger partial charge in [0.1, 0.15) is 0 Å². The predicted octanol–water partition coefficient (Wildman–Crippen LogP) is 3.01. The first kappa shape index (κ1) is 19.3. The number of benzene rings is 1. The number of likely N-dealkylation sites (tertiary alicyclic amines) is 1. The summed E-state index contributed by atoms with van der Waals surface area (Å²) in [5.74, 6) is -0.371. The van der Waals surface area contributed by atoms with Gasteiger partial charge in [0.25, 0.3) is 0 Å². The summed E-state index contributed by atoms with van der Waals surface area (Å²) in [6.45, 7) is 4.49. The maximum Gasteiger partial charge on any atom is 0.416 e. The monoisotopic (exact) mass is 356 g/mol. The molecule has 1 aliphatic rings. The van der Waals surface area contributed by atoms with Crippen molar-refractivity contribution in [2.45, 2.75) is 45.3 Å². The fourth-order valence-corrected chi connectivity index (χ4v) is 3.34. The van der Waals surface area contributed by atoms with Crippen molar-refractivity contribution >= 4 is 11.8 Å². The number of rotatable bonds is 5. The highest BCUT2D eigenvalue weighted by molar-refractivity contribution is 5.80. The quantitative estimate of drug-likeness (QED) is 0.882. The maximum atomic E-state index is 13.0. The normalized spacial score (nSPS) is 20.6. The van der Waals surface area contributed by atoms with E-state index in [1.807, 2.05) is 6.92 Å². The number of carbonyl (C=O) groups excluding carboxylic acids is 2.